The van der Waals surface area contributed by atoms with Gasteiger partial charge in [-0.3, -0.25) is 4.79 Å². The lowest BCUT2D eigenvalue weighted by Crippen LogP contribution is -2.34. The predicted molar refractivity (Wildman–Crippen MR) is 54.6 cm³/mol. The molecule has 0 atom stereocenters. The molecule has 0 spiro atoms. The Bertz CT molecular complexity index is 567. The molecule has 76 valence electrons. The lowest BCUT2D eigenvalue weighted by atomic mass is 9.78. The molecule has 1 aromatic carbocycles. The van der Waals surface area contributed by atoms with Crippen LogP contribution in [0.25, 0.3) is 10.9 Å². The van der Waals surface area contributed by atoms with Crippen molar-refractivity contribution >= 4 is 23.5 Å². The third kappa shape index (κ3) is 1.51. The average molecular weight is 205 g/mol. The van der Waals surface area contributed by atoms with E-state index in [2.05, 4.69) is 10.3 Å². The average Bonchev–Trinajstić information content (AvgIpc) is 2.23. The van der Waals surface area contributed by atoms with Crippen LogP contribution in [0.3, 0.4) is 0 Å². The molecule has 2 rings (SSSR count). The molecule has 15 heavy (non-hydrogen) atoms. The third-order valence-electron chi connectivity index (χ3n) is 2.19. The van der Waals surface area contributed by atoms with Crippen molar-refractivity contribution in [2.45, 2.75) is 0 Å². The lowest BCUT2D eigenvalue weighted by molar-refractivity contribution is 0.426. The molecule has 0 aliphatic heterocycles. The molecule has 1 aromatic heterocycles. The Morgan fingerprint density at radius 2 is 2.13 bits per heavy atom. The van der Waals surface area contributed by atoms with E-state index in [1.54, 1.807) is 19.2 Å². The van der Waals surface area contributed by atoms with Crippen LogP contribution in [0.5, 0.6) is 0 Å². The molecule has 6 nitrogen and oxygen atoms in total. The van der Waals surface area contributed by atoms with Gasteiger partial charge < -0.3 is 10.0 Å². The molecule has 0 saturated carbocycles. The Balaban J connectivity index is 2.97. The van der Waals surface area contributed by atoms with E-state index in [4.69, 9.17) is 10.0 Å². The van der Waals surface area contributed by atoms with Gasteiger partial charge in [-0.1, -0.05) is 22.4 Å². The number of fused-ring (bicyclic) bond motifs is 1. The molecule has 7 heteroatoms. The van der Waals surface area contributed by atoms with Crippen molar-refractivity contribution in [2.75, 3.05) is 0 Å². The quantitative estimate of drug-likeness (QED) is 0.526. The first-order chi connectivity index (χ1) is 7.11. The minimum Gasteiger partial charge on any atom is -0.423 e. The zero-order valence-corrected chi connectivity index (χ0v) is 7.95. The number of benzene rings is 1. The van der Waals surface area contributed by atoms with Gasteiger partial charge >= 0.3 is 7.12 Å². The van der Waals surface area contributed by atoms with E-state index in [1.807, 2.05) is 0 Å². The molecule has 0 amide bonds. The van der Waals surface area contributed by atoms with Crippen LogP contribution >= 0.6 is 0 Å². The highest BCUT2D eigenvalue weighted by Gasteiger charge is 2.17. The fourth-order valence-corrected chi connectivity index (χ4v) is 1.48. The van der Waals surface area contributed by atoms with E-state index in [9.17, 15) is 4.79 Å². The fourth-order valence-electron chi connectivity index (χ4n) is 1.48. The van der Waals surface area contributed by atoms with Crippen LogP contribution in [0.15, 0.2) is 23.0 Å². The smallest absolute Gasteiger partial charge is 0.423 e. The normalized spacial score (nSPS) is 10.6. The maximum absolute atomic E-state index is 11.4. The van der Waals surface area contributed by atoms with E-state index in [0.29, 0.717) is 5.52 Å². The summed E-state index contributed by atoms with van der Waals surface area (Å²) in [6.07, 6.45) is 0. The number of hydrogen-bond donors (Lipinski definition) is 2. The highest BCUT2D eigenvalue weighted by Crippen LogP contribution is 2.03. The summed E-state index contributed by atoms with van der Waals surface area (Å²) in [6.45, 7) is 0. The Morgan fingerprint density at radius 1 is 1.40 bits per heavy atom. The van der Waals surface area contributed by atoms with Crippen molar-refractivity contribution in [1.29, 1.82) is 0 Å². The second-order valence-electron chi connectivity index (χ2n) is 3.13. The number of aromatic nitrogens is 3. The van der Waals surface area contributed by atoms with Crippen LogP contribution in [0.4, 0.5) is 0 Å². The van der Waals surface area contributed by atoms with Crippen molar-refractivity contribution in [3.8, 4) is 0 Å². The van der Waals surface area contributed by atoms with Gasteiger partial charge in [0.1, 0.15) is 0 Å². The van der Waals surface area contributed by atoms with Crippen molar-refractivity contribution in [3.63, 3.8) is 0 Å². The molecule has 0 unspecified atom stereocenters. The fraction of sp³-hybridized carbons (Fsp3) is 0.125. The largest absolute Gasteiger partial charge is 0.489 e. The molecule has 0 saturated heterocycles. The lowest BCUT2D eigenvalue weighted by Gasteiger charge is -2.05. The van der Waals surface area contributed by atoms with Gasteiger partial charge in [0.25, 0.3) is 5.56 Å². The van der Waals surface area contributed by atoms with Gasteiger partial charge in [-0.15, -0.1) is 0 Å². The number of hydrogen-bond acceptors (Lipinski definition) is 5. The van der Waals surface area contributed by atoms with E-state index >= 15 is 0 Å². The zero-order chi connectivity index (χ0) is 11.0. The standard InChI is InChI=1S/C8H8BN3O3/c1-12-6-4-2-3-5(9(14)15)7(6)8(13)10-11-12/h2-4,14-15H,1H3. The van der Waals surface area contributed by atoms with Crippen LogP contribution in [0, 0.1) is 0 Å². The van der Waals surface area contributed by atoms with Crippen molar-refractivity contribution < 1.29 is 10.0 Å². The second kappa shape index (κ2) is 3.45. The Labute approximate surface area is 84.9 Å². The monoisotopic (exact) mass is 205 g/mol. The van der Waals surface area contributed by atoms with Gasteiger partial charge in [0.05, 0.1) is 10.9 Å². The second-order valence-corrected chi connectivity index (χ2v) is 3.13. The van der Waals surface area contributed by atoms with Crippen LogP contribution in [0.2, 0.25) is 0 Å². The van der Waals surface area contributed by atoms with Gasteiger partial charge in [-0.25, -0.2) is 4.68 Å². The first-order valence-corrected chi connectivity index (χ1v) is 4.30. The van der Waals surface area contributed by atoms with E-state index in [-0.39, 0.29) is 10.8 Å². The van der Waals surface area contributed by atoms with Crippen molar-refractivity contribution in [3.05, 3.63) is 28.6 Å². The first-order valence-electron chi connectivity index (χ1n) is 4.30. The Hall–Kier alpha value is -1.73. The molecular weight excluding hydrogens is 197 g/mol. The summed E-state index contributed by atoms with van der Waals surface area (Å²) in [7, 11) is -0.0620. The third-order valence-corrected chi connectivity index (χ3v) is 2.19. The topological polar surface area (TPSA) is 88.2 Å². The summed E-state index contributed by atoms with van der Waals surface area (Å²) in [5.41, 5.74) is 0.0930. The summed E-state index contributed by atoms with van der Waals surface area (Å²) in [5, 5.41) is 25.4. The summed E-state index contributed by atoms with van der Waals surface area (Å²) < 4.78 is 1.41. The number of rotatable bonds is 1. The number of aryl methyl sites for hydroxylation is 1. The van der Waals surface area contributed by atoms with Crippen LogP contribution in [0.1, 0.15) is 0 Å². The summed E-state index contributed by atoms with van der Waals surface area (Å²) in [5.74, 6) is 0. The van der Waals surface area contributed by atoms with Gasteiger partial charge in [0, 0.05) is 7.05 Å². The van der Waals surface area contributed by atoms with E-state index in [0.717, 1.165) is 0 Å². The highest BCUT2D eigenvalue weighted by atomic mass is 16.4. The molecule has 2 N–H and O–H groups in total. The van der Waals surface area contributed by atoms with Gasteiger partial charge in [-0.2, -0.15) is 0 Å². The van der Waals surface area contributed by atoms with E-state index in [1.165, 1.54) is 10.7 Å². The number of nitrogens with zero attached hydrogens (tertiary/aromatic N) is 3. The maximum Gasteiger partial charge on any atom is 0.489 e. The van der Waals surface area contributed by atoms with Gasteiger partial charge in [0.2, 0.25) is 0 Å². The maximum atomic E-state index is 11.4. The predicted octanol–water partition coefficient (Wildman–Crippen LogP) is -1.99. The molecule has 0 bridgehead atoms. The summed E-state index contributed by atoms with van der Waals surface area (Å²) >= 11 is 0. The van der Waals surface area contributed by atoms with Crippen LogP contribution in [-0.2, 0) is 7.05 Å². The SMILES string of the molecule is Cn1nnc(=O)c2c(B(O)O)cccc21. The van der Waals surface area contributed by atoms with Crippen molar-refractivity contribution in [1.82, 2.24) is 15.0 Å². The first kappa shape index (κ1) is 9.82. The molecule has 2 aromatic rings. The summed E-state index contributed by atoms with van der Waals surface area (Å²) in [4.78, 5) is 11.4. The highest BCUT2D eigenvalue weighted by molar-refractivity contribution is 6.61. The minimum absolute atomic E-state index is 0.142. The van der Waals surface area contributed by atoms with Gasteiger partial charge in [-0.05, 0) is 11.5 Å². The Morgan fingerprint density at radius 3 is 2.80 bits per heavy atom. The van der Waals surface area contributed by atoms with Gasteiger partial charge in [0.15, 0.2) is 0 Å². The minimum atomic E-state index is -1.69. The Kier molecular flexibility index (Phi) is 2.26. The molecular formula is C8H8BN3O3. The molecule has 0 fully saturated rings. The van der Waals surface area contributed by atoms with Crippen LogP contribution in [-0.4, -0.2) is 32.2 Å². The molecule has 0 radical (unpaired) electrons. The van der Waals surface area contributed by atoms with Crippen molar-refractivity contribution in [2.24, 2.45) is 7.05 Å². The van der Waals surface area contributed by atoms with E-state index < -0.39 is 12.7 Å². The zero-order valence-electron chi connectivity index (χ0n) is 7.95. The molecule has 0 aliphatic carbocycles. The summed E-state index contributed by atoms with van der Waals surface area (Å²) in [6, 6.07) is 4.76. The molecule has 0 aliphatic rings. The molecule has 1 heterocycles. The van der Waals surface area contributed by atoms with Crippen LogP contribution < -0.4 is 11.0 Å².